The van der Waals surface area contributed by atoms with E-state index < -0.39 is 137 Å². The lowest BCUT2D eigenvalue weighted by Gasteiger charge is -2.47. The largest absolute Gasteiger partial charge is 0.481 e. The summed E-state index contributed by atoms with van der Waals surface area (Å²) in [6.07, 6.45) is -26.6. The first-order valence-corrected chi connectivity index (χ1v) is 38.6. The van der Waals surface area contributed by atoms with Gasteiger partial charge in [0.2, 0.25) is 0 Å². The highest BCUT2D eigenvalue weighted by Crippen LogP contribution is 2.55. The predicted molar refractivity (Wildman–Crippen MR) is 408 cm³/mol. The molecule has 0 heterocycles. The second-order valence-corrected chi connectivity index (χ2v) is 34.6. The summed E-state index contributed by atoms with van der Waals surface area (Å²) in [4.78, 5) is 56.7. The summed E-state index contributed by atoms with van der Waals surface area (Å²) >= 11 is 0. The number of aliphatic carboxylic acids is 1. The zero-order chi connectivity index (χ0) is 88.9. The summed E-state index contributed by atoms with van der Waals surface area (Å²) in [5.74, 6) is -6.58. The van der Waals surface area contributed by atoms with Gasteiger partial charge in [-0.1, -0.05) is 185 Å². The van der Waals surface area contributed by atoms with Crippen molar-refractivity contribution in [2.24, 2.45) is 44.8 Å². The molecule has 0 bridgehead atoms. The lowest BCUT2D eigenvalue weighted by molar-refractivity contribution is -0.391. The summed E-state index contributed by atoms with van der Waals surface area (Å²) in [7, 11) is 0. The Bertz CT molecular complexity index is 2880. The molecule has 0 spiro atoms. The zero-order valence-corrected chi connectivity index (χ0v) is 72.0. The monoisotopic (exact) mass is 1630 g/mol. The fraction of sp³-hybridized carbons (Fsp3) is 0.798. The minimum absolute atomic E-state index is 0.0510. The van der Waals surface area contributed by atoms with Gasteiger partial charge in [-0.2, -0.15) is 65.9 Å². The van der Waals surface area contributed by atoms with Crippen LogP contribution in [0.1, 0.15) is 332 Å². The Morgan fingerprint density at radius 2 is 0.721 bits per heavy atom. The van der Waals surface area contributed by atoms with Crippen molar-refractivity contribution in [1.29, 1.82) is 0 Å². The molecule has 9 unspecified atom stereocenters. The number of rotatable bonds is 25. The Balaban J connectivity index is -0.000000626. The number of carboxylic acids is 1. The molecule has 1 aliphatic rings. The number of carboxylic acid groups (broad SMARTS) is 1. The summed E-state index contributed by atoms with van der Waals surface area (Å²) in [6, 6.07) is 18.2. The van der Waals surface area contributed by atoms with Crippen molar-refractivity contribution in [3.8, 4) is 0 Å². The van der Waals surface area contributed by atoms with E-state index in [1.807, 2.05) is 27.7 Å². The average Bonchev–Trinajstić information content (AvgIpc) is 0.733. The fourth-order valence-electron chi connectivity index (χ4n) is 9.21. The maximum absolute atomic E-state index is 13.3. The average molecular weight is 1630 g/mol. The Morgan fingerprint density at radius 3 is 0.964 bits per heavy atom. The van der Waals surface area contributed by atoms with Gasteiger partial charge in [0.25, 0.3) is 5.60 Å². The molecule has 2 aromatic carbocycles. The van der Waals surface area contributed by atoms with Crippen LogP contribution in [0.3, 0.4) is 0 Å². The molecule has 3 N–H and O–H groups in total. The van der Waals surface area contributed by atoms with Crippen molar-refractivity contribution in [1.82, 2.24) is 0 Å². The molecule has 0 saturated heterocycles. The molecule has 0 aromatic heterocycles. The molecule has 1 fully saturated rings. The van der Waals surface area contributed by atoms with Crippen molar-refractivity contribution in [2.75, 3.05) is 6.61 Å². The van der Waals surface area contributed by atoms with Crippen molar-refractivity contribution in [3.05, 3.63) is 70.8 Å². The molecule has 3 rings (SSSR count). The Morgan fingerprint density at radius 1 is 0.414 bits per heavy atom. The van der Waals surface area contributed by atoms with E-state index in [1.165, 1.54) is 68.2 Å². The topological polar surface area (TPSA) is 183 Å². The molecule has 652 valence electrons. The smallest absolute Gasteiger partial charge is 0.426 e. The maximum atomic E-state index is 13.3. The number of hydrogen-bond donors (Lipinski definition) is 3. The van der Waals surface area contributed by atoms with E-state index in [0.717, 1.165) is 26.7 Å². The Labute approximate surface area is 654 Å². The second kappa shape index (κ2) is 45.8. The number of alkyl halides is 15. The predicted octanol–water partition coefficient (Wildman–Crippen LogP) is 25.4. The number of hydrogen-bond acceptors (Lipinski definition) is 11. The fourth-order valence-corrected chi connectivity index (χ4v) is 9.21. The highest BCUT2D eigenvalue weighted by Gasteiger charge is 2.75. The normalized spacial score (nSPS) is 17.5. The van der Waals surface area contributed by atoms with E-state index in [2.05, 4.69) is 141 Å². The van der Waals surface area contributed by atoms with Crippen LogP contribution in [-0.4, -0.2) is 112 Å². The number of carbonyl (C=O) groups is 5. The molecule has 0 aliphatic heterocycles. The van der Waals surface area contributed by atoms with Crippen LogP contribution in [0.5, 0.6) is 0 Å². The summed E-state index contributed by atoms with van der Waals surface area (Å²) in [5, 5.41) is 28.1. The lowest BCUT2D eigenvalue weighted by atomic mass is 9.66. The van der Waals surface area contributed by atoms with Gasteiger partial charge in [-0.05, 0) is 211 Å². The van der Waals surface area contributed by atoms with E-state index >= 15 is 0 Å². The van der Waals surface area contributed by atoms with Gasteiger partial charge >= 0.3 is 60.7 Å². The first-order chi connectivity index (χ1) is 49.6. The minimum Gasteiger partial charge on any atom is -0.481 e. The molecule has 1 aliphatic carbocycles. The maximum Gasteiger partial charge on any atom is 0.426 e. The number of ether oxygens (including phenoxy) is 4. The molecule has 1 saturated carbocycles. The molecular weight excluding hydrogens is 1490 g/mol. The summed E-state index contributed by atoms with van der Waals surface area (Å²) in [5.41, 5.74) is -6.54. The first kappa shape index (κ1) is 112. The van der Waals surface area contributed by atoms with Gasteiger partial charge in [-0.25, -0.2) is 0 Å². The summed E-state index contributed by atoms with van der Waals surface area (Å²) < 4.78 is 211. The molecule has 2 aromatic rings. The molecule has 0 amide bonds. The molecule has 27 heteroatoms. The highest BCUT2D eigenvalue weighted by molar-refractivity contribution is 5.77. The third-order valence-electron chi connectivity index (χ3n) is 21.4. The Hall–Kier alpha value is -5.34. The van der Waals surface area contributed by atoms with Gasteiger partial charge in [0.1, 0.15) is 6.10 Å². The summed E-state index contributed by atoms with van der Waals surface area (Å²) in [6.45, 7) is 54.6. The highest BCUT2D eigenvalue weighted by atomic mass is 19.4. The number of halogens is 15. The van der Waals surface area contributed by atoms with Crippen LogP contribution in [-0.2, 0) is 53.8 Å². The standard InChI is InChI=1S/C18H25F9O4.C14H28O2.2C14H22.2C9H15F3O2.C6H12O2/c1-5-13(2,3)12(28)31-11-7-9(14(4,29)16(19,20)21)6-10(8-11)15(30,17(22,23)24)18(25,26)27;1-6-9-10-12(7-2)11-16-13(15)14(4,5)8-3;2*1-6-11(2)12-7-9-13(10-8-12)14(3,4)5;2*1-5-8(3,4)7(13)14-6(2)9(10,11)12;1-4-6(2,3)5(7)8/h9-11,29-30H,5-8H2,1-4H3;12H,6-11H2,1-5H3;2*7-11H,6H2,1-5H3;2*6H,5H2,1-4H3;4H2,1-3H3,(H,7,8). The minimum atomic E-state index is -6.28. The van der Waals surface area contributed by atoms with Gasteiger partial charge in [0.05, 0.1) is 33.7 Å². The quantitative estimate of drug-likeness (QED) is 0.0487. The lowest BCUT2D eigenvalue weighted by Crippen LogP contribution is -2.64. The second-order valence-electron chi connectivity index (χ2n) is 34.6. The van der Waals surface area contributed by atoms with E-state index in [-0.39, 0.29) is 35.6 Å². The Kier molecular flexibility index (Phi) is 46.2. The molecule has 9 atom stereocenters. The van der Waals surface area contributed by atoms with Gasteiger partial charge in [-0.3, -0.25) is 24.0 Å². The van der Waals surface area contributed by atoms with E-state index in [0.29, 0.717) is 43.6 Å². The van der Waals surface area contributed by atoms with Crippen molar-refractivity contribution >= 4 is 29.8 Å². The van der Waals surface area contributed by atoms with Crippen LogP contribution in [0.2, 0.25) is 0 Å². The van der Waals surface area contributed by atoms with E-state index in [9.17, 15) is 100 Å². The van der Waals surface area contributed by atoms with Crippen LogP contribution >= 0.6 is 0 Å². The van der Waals surface area contributed by atoms with Crippen molar-refractivity contribution in [3.63, 3.8) is 0 Å². The number of esters is 4. The molecule has 111 heavy (non-hydrogen) atoms. The van der Waals surface area contributed by atoms with E-state index in [4.69, 9.17) is 14.6 Å². The molecule has 0 radical (unpaired) electrons. The van der Waals surface area contributed by atoms with Crippen LogP contribution in [0, 0.1) is 44.8 Å². The number of carbonyl (C=O) groups excluding carboxylic acids is 4. The third-order valence-corrected chi connectivity index (χ3v) is 21.4. The number of aliphatic hydroxyl groups is 2. The third kappa shape index (κ3) is 38.3. The van der Waals surface area contributed by atoms with Gasteiger partial charge in [0, 0.05) is 11.8 Å². The first-order valence-electron chi connectivity index (χ1n) is 38.6. The zero-order valence-electron chi connectivity index (χ0n) is 72.0. The van der Waals surface area contributed by atoms with Crippen molar-refractivity contribution in [2.45, 2.75) is 381 Å². The SMILES string of the molecule is CCC(C)(C)C(=O)O.CCC(C)(C)C(=O)OC(C)C(F)(F)F.CCC(C)(C)C(=O)OC(C)C(F)(F)F.CCC(C)(C)C(=O)OC1CC(C(C)(O)C(F)(F)F)CC(C(O)(C(F)(F)F)C(F)(F)F)C1.CCC(C)c1ccc(C(C)(C)C)cc1.CCC(C)c1ccc(C(C)(C)C)cc1.CCCCC(CC)COC(=O)C(C)(C)CC. The number of benzene rings is 2. The van der Waals surface area contributed by atoms with Gasteiger partial charge in [-0.15, -0.1) is 0 Å². The molecular formula is C84H139F15O12. The van der Waals surface area contributed by atoms with Crippen LogP contribution in [0.15, 0.2) is 48.5 Å². The molecule has 12 nitrogen and oxygen atoms in total. The van der Waals surface area contributed by atoms with E-state index in [1.54, 1.807) is 62.3 Å². The van der Waals surface area contributed by atoms with Crippen LogP contribution in [0.4, 0.5) is 65.9 Å². The van der Waals surface area contributed by atoms with Gasteiger partial charge < -0.3 is 34.3 Å². The van der Waals surface area contributed by atoms with Crippen LogP contribution < -0.4 is 0 Å². The number of unbranched alkanes of at least 4 members (excludes halogenated alkanes) is 1. The van der Waals surface area contributed by atoms with Gasteiger partial charge in [0.15, 0.2) is 17.8 Å². The van der Waals surface area contributed by atoms with Crippen LogP contribution in [0.25, 0.3) is 0 Å². The van der Waals surface area contributed by atoms with Crippen molar-refractivity contribution < 1.29 is 124 Å².